The lowest BCUT2D eigenvalue weighted by molar-refractivity contribution is 0.0699. The van der Waals surface area contributed by atoms with E-state index in [9.17, 15) is 9.90 Å². The third-order valence-electron chi connectivity index (χ3n) is 4.54. The van der Waals surface area contributed by atoms with Crippen LogP contribution in [0.4, 0.5) is 5.69 Å². The zero-order valence-corrected chi connectivity index (χ0v) is 11.6. The molecule has 0 spiro atoms. The lowest BCUT2D eigenvalue weighted by Crippen LogP contribution is -2.44. The second-order valence-electron chi connectivity index (χ2n) is 5.62. The molecule has 1 aliphatic carbocycles. The summed E-state index contributed by atoms with van der Waals surface area (Å²) in [6, 6.07) is 11.3. The summed E-state index contributed by atoms with van der Waals surface area (Å²) < 4.78 is 0. The summed E-state index contributed by atoms with van der Waals surface area (Å²) in [5, 5.41) is 14.7. The molecule has 104 valence electrons. The predicted molar refractivity (Wildman–Crippen MR) is 81.4 cm³/mol. The first kappa shape index (κ1) is 13.0. The maximum absolute atomic E-state index is 11.3. The van der Waals surface area contributed by atoms with Crippen LogP contribution in [0.15, 0.2) is 36.4 Å². The van der Waals surface area contributed by atoms with E-state index in [0.717, 1.165) is 22.9 Å². The van der Waals surface area contributed by atoms with Crippen LogP contribution in [0.2, 0.25) is 0 Å². The largest absolute Gasteiger partial charge is 0.478 e. The van der Waals surface area contributed by atoms with Gasteiger partial charge in [-0.1, -0.05) is 31.2 Å². The Bertz CT molecular complexity index is 654. The smallest absolute Gasteiger partial charge is 0.336 e. The molecule has 3 nitrogen and oxygen atoms in total. The summed E-state index contributed by atoms with van der Waals surface area (Å²) in [5.74, 6) is -0.874. The molecular weight excluding hydrogens is 250 g/mol. The molecule has 0 radical (unpaired) electrons. The highest BCUT2D eigenvalue weighted by molar-refractivity contribution is 6.07. The fourth-order valence-electron chi connectivity index (χ4n) is 3.05. The summed E-state index contributed by atoms with van der Waals surface area (Å²) >= 11 is 0. The Labute approximate surface area is 118 Å². The monoisotopic (exact) mass is 269 g/mol. The maximum Gasteiger partial charge on any atom is 0.336 e. The number of nitrogens with one attached hydrogen (secondary N) is 1. The Kier molecular flexibility index (Phi) is 3.13. The average molecular weight is 269 g/mol. The Morgan fingerprint density at radius 3 is 2.45 bits per heavy atom. The van der Waals surface area contributed by atoms with Crippen molar-refractivity contribution in [2.45, 2.75) is 38.1 Å². The van der Waals surface area contributed by atoms with Gasteiger partial charge in [-0.05, 0) is 43.2 Å². The molecular formula is C17H19NO2. The van der Waals surface area contributed by atoms with Gasteiger partial charge in [0.25, 0.3) is 0 Å². The van der Waals surface area contributed by atoms with Gasteiger partial charge in [0.05, 0.1) is 5.56 Å². The quantitative estimate of drug-likeness (QED) is 0.870. The van der Waals surface area contributed by atoms with Crippen LogP contribution in [0.5, 0.6) is 0 Å². The van der Waals surface area contributed by atoms with Crippen molar-refractivity contribution in [2.24, 2.45) is 0 Å². The lowest BCUT2D eigenvalue weighted by atomic mass is 9.74. The summed E-state index contributed by atoms with van der Waals surface area (Å²) in [6.45, 7) is 2.21. The Morgan fingerprint density at radius 2 is 1.90 bits per heavy atom. The molecule has 1 saturated carbocycles. The minimum Gasteiger partial charge on any atom is -0.478 e. The lowest BCUT2D eigenvalue weighted by Gasteiger charge is -2.43. The molecule has 1 fully saturated rings. The van der Waals surface area contributed by atoms with Gasteiger partial charge in [0.2, 0.25) is 0 Å². The van der Waals surface area contributed by atoms with Crippen LogP contribution in [-0.4, -0.2) is 16.6 Å². The molecule has 1 aliphatic rings. The summed E-state index contributed by atoms with van der Waals surface area (Å²) in [4.78, 5) is 11.3. The van der Waals surface area contributed by atoms with Crippen molar-refractivity contribution < 1.29 is 9.90 Å². The van der Waals surface area contributed by atoms with Gasteiger partial charge in [-0.15, -0.1) is 0 Å². The highest BCUT2D eigenvalue weighted by Crippen LogP contribution is 2.39. The molecule has 0 heterocycles. The Balaban J connectivity index is 2.08. The molecule has 3 heteroatoms. The molecule has 2 aromatic rings. The number of hydrogen-bond acceptors (Lipinski definition) is 2. The molecule has 0 amide bonds. The van der Waals surface area contributed by atoms with Crippen molar-refractivity contribution in [2.75, 3.05) is 5.32 Å². The van der Waals surface area contributed by atoms with Gasteiger partial charge in [0.1, 0.15) is 0 Å². The van der Waals surface area contributed by atoms with Gasteiger partial charge >= 0.3 is 5.97 Å². The standard InChI is InChI=1S/C17H19NO2/c1-2-17(10-5-11-17)18-15-9-8-14(16(19)20)12-6-3-4-7-13(12)15/h3-4,6-9,18H,2,5,10-11H2,1H3,(H,19,20). The van der Waals surface area contributed by atoms with Crippen molar-refractivity contribution in [3.05, 3.63) is 42.0 Å². The zero-order chi connectivity index (χ0) is 14.2. The van der Waals surface area contributed by atoms with E-state index in [1.807, 2.05) is 30.3 Å². The van der Waals surface area contributed by atoms with E-state index < -0.39 is 5.97 Å². The van der Waals surface area contributed by atoms with Crippen LogP contribution in [0.3, 0.4) is 0 Å². The zero-order valence-electron chi connectivity index (χ0n) is 11.6. The van der Waals surface area contributed by atoms with Gasteiger partial charge < -0.3 is 10.4 Å². The van der Waals surface area contributed by atoms with Crippen molar-refractivity contribution in [1.29, 1.82) is 0 Å². The number of anilines is 1. The SMILES string of the molecule is CCC1(Nc2ccc(C(=O)O)c3ccccc23)CCC1. The number of rotatable bonds is 4. The topological polar surface area (TPSA) is 49.3 Å². The molecule has 0 bridgehead atoms. The van der Waals surface area contributed by atoms with E-state index in [4.69, 9.17) is 0 Å². The third kappa shape index (κ3) is 2.03. The maximum atomic E-state index is 11.3. The second-order valence-corrected chi connectivity index (χ2v) is 5.62. The van der Waals surface area contributed by atoms with Crippen LogP contribution in [0, 0.1) is 0 Å². The number of fused-ring (bicyclic) bond motifs is 1. The number of aromatic carboxylic acids is 1. The van der Waals surface area contributed by atoms with Crippen LogP contribution < -0.4 is 5.32 Å². The molecule has 0 atom stereocenters. The first-order valence-electron chi connectivity index (χ1n) is 7.18. The number of carboxylic acid groups (broad SMARTS) is 1. The van der Waals surface area contributed by atoms with E-state index in [0.29, 0.717) is 5.56 Å². The number of carboxylic acids is 1. The number of hydrogen-bond donors (Lipinski definition) is 2. The molecule has 0 aliphatic heterocycles. The van der Waals surface area contributed by atoms with E-state index in [1.165, 1.54) is 19.3 Å². The molecule has 0 aromatic heterocycles. The molecule has 0 unspecified atom stereocenters. The highest BCUT2D eigenvalue weighted by Gasteiger charge is 2.35. The van der Waals surface area contributed by atoms with Gasteiger partial charge in [0.15, 0.2) is 0 Å². The van der Waals surface area contributed by atoms with Crippen LogP contribution in [0.1, 0.15) is 43.0 Å². The fourth-order valence-corrected chi connectivity index (χ4v) is 3.05. The van der Waals surface area contributed by atoms with Gasteiger partial charge in [-0.2, -0.15) is 0 Å². The van der Waals surface area contributed by atoms with Crippen molar-refractivity contribution in [3.63, 3.8) is 0 Å². The van der Waals surface area contributed by atoms with Gasteiger partial charge in [-0.3, -0.25) is 0 Å². The fraction of sp³-hybridized carbons (Fsp3) is 0.353. The first-order chi connectivity index (χ1) is 9.65. The molecule has 2 N–H and O–H groups in total. The average Bonchev–Trinajstić information content (AvgIpc) is 2.42. The second kappa shape index (κ2) is 4.82. The summed E-state index contributed by atoms with van der Waals surface area (Å²) in [7, 11) is 0. The molecule has 3 rings (SSSR count). The van der Waals surface area contributed by atoms with Gasteiger partial charge in [-0.25, -0.2) is 4.79 Å². The van der Waals surface area contributed by atoms with Crippen molar-refractivity contribution in [1.82, 2.24) is 0 Å². The van der Waals surface area contributed by atoms with Crippen molar-refractivity contribution in [3.8, 4) is 0 Å². The summed E-state index contributed by atoms with van der Waals surface area (Å²) in [6.07, 6.45) is 4.75. The number of benzene rings is 2. The number of carbonyl (C=O) groups is 1. The minimum atomic E-state index is -0.874. The van der Waals surface area contributed by atoms with E-state index in [-0.39, 0.29) is 5.54 Å². The predicted octanol–water partition coefficient (Wildman–Crippen LogP) is 4.28. The van der Waals surface area contributed by atoms with Crippen LogP contribution >= 0.6 is 0 Å². The van der Waals surface area contributed by atoms with Gasteiger partial charge in [0, 0.05) is 16.6 Å². The van der Waals surface area contributed by atoms with Crippen molar-refractivity contribution >= 4 is 22.4 Å². The highest BCUT2D eigenvalue weighted by atomic mass is 16.4. The first-order valence-corrected chi connectivity index (χ1v) is 7.18. The third-order valence-corrected chi connectivity index (χ3v) is 4.54. The Morgan fingerprint density at radius 1 is 1.20 bits per heavy atom. The molecule has 0 saturated heterocycles. The van der Waals surface area contributed by atoms with E-state index in [2.05, 4.69) is 12.2 Å². The molecule has 2 aromatic carbocycles. The Hall–Kier alpha value is -2.03. The van der Waals surface area contributed by atoms with E-state index in [1.54, 1.807) is 6.07 Å². The van der Waals surface area contributed by atoms with E-state index >= 15 is 0 Å². The summed E-state index contributed by atoms with van der Waals surface area (Å²) in [5.41, 5.74) is 1.62. The van der Waals surface area contributed by atoms with Crippen LogP contribution in [0.25, 0.3) is 10.8 Å². The molecule has 20 heavy (non-hydrogen) atoms. The minimum absolute atomic E-state index is 0.202. The normalized spacial score (nSPS) is 16.6. The van der Waals surface area contributed by atoms with Crippen LogP contribution in [-0.2, 0) is 0 Å².